The molecule has 4 rings (SSSR count). The van der Waals surface area contributed by atoms with Gasteiger partial charge < -0.3 is 24.1 Å². The van der Waals surface area contributed by atoms with Crippen LogP contribution in [0.25, 0.3) is 0 Å². The standard InChI is InChI=1S/C17H16O5/c1-9-11-6-12(18)15(19-2)7-14(11)22-17(9)10-3-4-13-16(5-10)21-8-20-13/h3-7,9,17-18H,8H2,1-2H3/t9-,17-/m0/s1. The lowest BCUT2D eigenvalue weighted by molar-refractivity contribution is 0.173. The van der Waals surface area contributed by atoms with Gasteiger partial charge in [-0.15, -0.1) is 0 Å². The van der Waals surface area contributed by atoms with E-state index in [1.165, 1.54) is 7.11 Å². The van der Waals surface area contributed by atoms with Crippen molar-refractivity contribution >= 4 is 0 Å². The molecular formula is C17H16O5. The highest BCUT2D eigenvalue weighted by atomic mass is 16.7. The molecule has 0 spiro atoms. The molecule has 22 heavy (non-hydrogen) atoms. The minimum atomic E-state index is -0.129. The summed E-state index contributed by atoms with van der Waals surface area (Å²) in [6.45, 7) is 2.33. The molecule has 5 nitrogen and oxygen atoms in total. The molecule has 0 saturated heterocycles. The van der Waals surface area contributed by atoms with Gasteiger partial charge >= 0.3 is 0 Å². The highest BCUT2D eigenvalue weighted by Gasteiger charge is 2.34. The largest absolute Gasteiger partial charge is 0.504 e. The number of rotatable bonds is 2. The zero-order chi connectivity index (χ0) is 15.3. The third kappa shape index (κ3) is 1.85. The highest BCUT2D eigenvalue weighted by molar-refractivity contribution is 5.55. The van der Waals surface area contributed by atoms with E-state index in [0.717, 1.165) is 28.4 Å². The number of phenolic OH excluding ortho intramolecular Hbond substituents is 1. The van der Waals surface area contributed by atoms with Crippen LogP contribution in [-0.4, -0.2) is 19.0 Å². The van der Waals surface area contributed by atoms with Crippen molar-refractivity contribution < 1.29 is 24.1 Å². The van der Waals surface area contributed by atoms with Gasteiger partial charge in [0.05, 0.1) is 7.11 Å². The molecule has 0 unspecified atom stereocenters. The number of fused-ring (bicyclic) bond motifs is 2. The average Bonchev–Trinajstić information content (AvgIpc) is 3.11. The maximum Gasteiger partial charge on any atom is 0.231 e. The lowest BCUT2D eigenvalue weighted by atomic mass is 9.92. The van der Waals surface area contributed by atoms with E-state index in [4.69, 9.17) is 18.9 Å². The molecule has 114 valence electrons. The van der Waals surface area contributed by atoms with E-state index in [1.54, 1.807) is 12.1 Å². The summed E-state index contributed by atoms with van der Waals surface area (Å²) < 4.78 is 22.0. The summed E-state index contributed by atoms with van der Waals surface area (Å²) in [5.74, 6) is 2.90. The van der Waals surface area contributed by atoms with Gasteiger partial charge in [0.25, 0.3) is 0 Å². The van der Waals surface area contributed by atoms with Crippen LogP contribution in [0.4, 0.5) is 0 Å². The molecular weight excluding hydrogens is 284 g/mol. The topological polar surface area (TPSA) is 57.2 Å². The summed E-state index contributed by atoms with van der Waals surface area (Å²) in [5, 5.41) is 9.96. The van der Waals surface area contributed by atoms with Crippen molar-refractivity contribution in [3.05, 3.63) is 41.5 Å². The lowest BCUT2D eigenvalue weighted by Gasteiger charge is -2.16. The Morgan fingerprint density at radius 3 is 2.73 bits per heavy atom. The fraction of sp³-hybridized carbons (Fsp3) is 0.294. The fourth-order valence-electron chi connectivity index (χ4n) is 3.04. The highest BCUT2D eigenvalue weighted by Crippen LogP contribution is 2.50. The van der Waals surface area contributed by atoms with Crippen LogP contribution in [0.3, 0.4) is 0 Å². The van der Waals surface area contributed by atoms with Crippen LogP contribution in [0.5, 0.6) is 28.7 Å². The summed E-state index contributed by atoms with van der Waals surface area (Å²) in [4.78, 5) is 0. The molecule has 2 atom stereocenters. The quantitative estimate of drug-likeness (QED) is 0.921. The second kappa shape index (κ2) is 4.73. The third-order valence-electron chi connectivity index (χ3n) is 4.24. The van der Waals surface area contributed by atoms with Crippen LogP contribution < -0.4 is 18.9 Å². The van der Waals surface area contributed by atoms with Gasteiger partial charge in [-0.1, -0.05) is 13.0 Å². The number of ether oxygens (including phenoxy) is 4. The average molecular weight is 300 g/mol. The molecule has 2 aliphatic rings. The summed E-state index contributed by atoms with van der Waals surface area (Å²) >= 11 is 0. The molecule has 2 aliphatic heterocycles. The molecule has 2 aromatic carbocycles. The van der Waals surface area contributed by atoms with Gasteiger partial charge in [-0.05, 0) is 23.8 Å². The minimum absolute atomic E-state index is 0.118. The molecule has 0 bridgehead atoms. The first-order valence-electron chi connectivity index (χ1n) is 7.14. The zero-order valence-electron chi connectivity index (χ0n) is 12.3. The summed E-state index contributed by atoms with van der Waals surface area (Å²) in [7, 11) is 1.52. The first-order chi connectivity index (χ1) is 10.7. The second-order valence-corrected chi connectivity index (χ2v) is 5.50. The van der Waals surface area contributed by atoms with E-state index in [9.17, 15) is 5.11 Å². The predicted molar refractivity (Wildman–Crippen MR) is 79.0 cm³/mol. The minimum Gasteiger partial charge on any atom is -0.504 e. The molecule has 0 aliphatic carbocycles. The summed E-state index contributed by atoms with van der Waals surface area (Å²) in [6.07, 6.45) is -0.129. The number of hydrogen-bond donors (Lipinski definition) is 1. The van der Waals surface area contributed by atoms with Gasteiger partial charge in [-0.25, -0.2) is 0 Å². The Balaban J connectivity index is 1.70. The molecule has 0 radical (unpaired) electrons. The summed E-state index contributed by atoms with van der Waals surface area (Å²) in [5.41, 5.74) is 1.99. The van der Waals surface area contributed by atoms with Gasteiger partial charge in [0.1, 0.15) is 11.9 Å². The van der Waals surface area contributed by atoms with Crippen molar-refractivity contribution in [3.63, 3.8) is 0 Å². The first-order valence-corrected chi connectivity index (χ1v) is 7.14. The maximum atomic E-state index is 9.96. The SMILES string of the molecule is COc1cc2c(cc1O)[C@H](C)[C@@H](c1ccc3c(c1)OCO3)O2. The number of aromatic hydroxyl groups is 1. The number of hydrogen-bond acceptors (Lipinski definition) is 5. The summed E-state index contributed by atoms with van der Waals surface area (Å²) in [6, 6.07) is 9.28. The number of methoxy groups -OCH3 is 1. The molecule has 1 N–H and O–H groups in total. The lowest BCUT2D eigenvalue weighted by Crippen LogP contribution is -2.07. The van der Waals surface area contributed by atoms with E-state index < -0.39 is 0 Å². The van der Waals surface area contributed by atoms with Gasteiger partial charge in [-0.2, -0.15) is 0 Å². The molecule has 0 fully saturated rings. The monoisotopic (exact) mass is 300 g/mol. The Hall–Kier alpha value is -2.56. The van der Waals surface area contributed by atoms with Gasteiger partial charge in [-0.3, -0.25) is 0 Å². The van der Waals surface area contributed by atoms with Crippen molar-refractivity contribution in [2.75, 3.05) is 13.9 Å². The van der Waals surface area contributed by atoms with E-state index in [0.29, 0.717) is 5.75 Å². The van der Waals surface area contributed by atoms with Gasteiger partial charge in [0.15, 0.2) is 23.0 Å². The maximum absolute atomic E-state index is 9.96. The fourth-order valence-corrected chi connectivity index (χ4v) is 3.04. The Morgan fingerprint density at radius 1 is 1.09 bits per heavy atom. The zero-order valence-corrected chi connectivity index (χ0v) is 12.3. The molecule has 5 heteroatoms. The second-order valence-electron chi connectivity index (χ2n) is 5.50. The normalized spacial score (nSPS) is 21.4. The van der Waals surface area contributed by atoms with Crippen molar-refractivity contribution in [3.8, 4) is 28.7 Å². The number of phenols is 1. The van der Waals surface area contributed by atoms with Crippen LogP contribution in [-0.2, 0) is 0 Å². The molecule has 0 amide bonds. The molecule has 2 aromatic rings. The van der Waals surface area contributed by atoms with E-state index in [1.807, 2.05) is 18.2 Å². The molecule has 2 heterocycles. The Kier molecular flexibility index (Phi) is 2.82. The van der Waals surface area contributed by atoms with Crippen LogP contribution >= 0.6 is 0 Å². The third-order valence-corrected chi connectivity index (χ3v) is 4.24. The van der Waals surface area contributed by atoms with E-state index >= 15 is 0 Å². The smallest absolute Gasteiger partial charge is 0.231 e. The number of benzene rings is 2. The Morgan fingerprint density at radius 2 is 1.91 bits per heavy atom. The van der Waals surface area contributed by atoms with Crippen LogP contribution in [0.2, 0.25) is 0 Å². The first kappa shape index (κ1) is 13.1. The molecule has 0 saturated carbocycles. The van der Waals surface area contributed by atoms with E-state index in [2.05, 4.69) is 6.92 Å². The Bertz CT molecular complexity index is 740. The predicted octanol–water partition coefficient (Wildman–Crippen LogP) is 3.37. The molecule has 0 aromatic heterocycles. The van der Waals surface area contributed by atoms with Crippen molar-refractivity contribution in [1.82, 2.24) is 0 Å². The Labute approximate surface area is 128 Å². The van der Waals surface area contributed by atoms with E-state index in [-0.39, 0.29) is 24.6 Å². The van der Waals surface area contributed by atoms with Crippen molar-refractivity contribution in [2.24, 2.45) is 0 Å². The van der Waals surface area contributed by atoms with Crippen LogP contribution in [0.1, 0.15) is 30.1 Å². The van der Waals surface area contributed by atoms with Crippen LogP contribution in [0, 0.1) is 0 Å². The van der Waals surface area contributed by atoms with Crippen molar-refractivity contribution in [2.45, 2.75) is 18.9 Å². The van der Waals surface area contributed by atoms with Crippen LogP contribution in [0.15, 0.2) is 30.3 Å². The van der Waals surface area contributed by atoms with Crippen molar-refractivity contribution in [1.29, 1.82) is 0 Å². The van der Waals surface area contributed by atoms with Gasteiger partial charge in [0, 0.05) is 17.5 Å². The van der Waals surface area contributed by atoms with Gasteiger partial charge in [0.2, 0.25) is 6.79 Å².